The molecule has 0 bridgehead atoms. The number of nitrogens with two attached hydrogens (primary N) is 2. The van der Waals surface area contributed by atoms with Gasteiger partial charge in [-0.2, -0.15) is 5.10 Å². The smallest absolute Gasteiger partial charge is 0.211 e. The first-order valence-electron chi connectivity index (χ1n) is 8.85. The van der Waals surface area contributed by atoms with Crippen molar-refractivity contribution in [2.24, 2.45) is 21.7 Å². The molecule has 0 radical (unpaired) electrons. The predicted molar refractivity (Wildman–Crippen MR) is 110 cm³/mol. The van der Waals surface area contributed by atoms with E-state index in [2.05, 4.69) is 22.1 Å². The molecule has 4 N–H and O–H groups in total. The van der Waals surface area contributed by atoms with Gasteiger partial charge < -0.3 is 16.2 Å². The second-order valence-electron chi connectivity index (χ2n) is 6.08. The standard InChI is InChI=1S/C19H27N5OS/c1-4-5-6-7-11-25-16-10-8-9-15(12-16)18-22-13(2)17(26-18)14(3)23-24-19(20)21/h8-10,12H,4-7,11H2,1-3H3,(H4,20,21,24). The monoisotopic (exact) mass is 373 g/mol. The van der Waals surface area contributed by atoms with Crippen LogP contribution >= 0.6 is 11.3 Å². The number of hydrogen-bond acceptors (Lipinski definition) is 5. The average Bonchev–Trinajstić information content (AvgIpc) is 3.01. The van der Waals surface area contributed by atoms with E-state index in [9.17, 15) is 0 Å². The molecule has 1 heterocycles. The highest BCUT2D eigenvalue weighted by atomic mass is 32.1. The van der Waals surface area contributed by atoms with Crippen molar-refractivity contribution < 1.29 is 4.74 Å². The second kappa shape index (κ2) is 9.91. The van der Waals surface area contributed by atoms with Crippen LogP contribution in [0.15, 0.2) is 34.5 Å². The lowest BCUT2D eigenvalue weighted by Gasteiger charge is -2.07. The quantitative estimate of drug-likeness (QED) is 0.299. The Morgan fingerprint density at radius 1 is 1.19 bits per heavy atom. The first-order valence-corrected chi connectivity index (χ1v) is 9.67. The van der Waals surface area contributed by atoms with Gasteiger partial charge in [-0.3, -0.25) is 0 Å². The van der Waals surface area contributed by atoms with Gasteiger partial charge in [0, 0.05) is 5.56 Å². The summed E-state index contributed by atoms with van der Waals surface area (Å²) in [6.45, 7) is 6.78. The van der Waals surface area contributed by atoms with E-state index in [1.807, 2.05) is 38.1 Å². The summed E-state index contributed by atoms with van der Waals surface area (Å²) in [5.41, 5.74) is 13.3. The number of thiazole rings is 1. The summed E-state index contributed by atoms with van der Waals surface area (Å²) < 4.78 is 5.87. The third-order valence-electron chi connectivity index (χ3n) is 3.79. The zero-order valence-corrected chi connectivity index (χ0v) is 16.5. The fourth-order valence-electron chi connectivity index (χ4n) is 2.47. The maximum Gasteiger partial charge on any atom is 0.211 e. The lowest BCUT2D eigenvalue weighted by Crippen LogP contribution is -2.22. The molecule has 0 atom stereocenters. The molecule has 2 rings (SSSR count). The highest BCUT2D eigenvalue weighted by molar-refractivity contribution is 7.17. The number of nitrogens with zero attached hydrogens (tertiary/aromatic N) is 3. The van der Waals surface area contributed by atoms with Gasteiger partial charge in [0.2, 0.25) is 5.96 Å². The van der Waals surface area contributed by atoms with Gasteiger partial charge in [0.05, 0.1) is 22.9 Å². The van der Waals surface area contributed by atoms with Crippen LogP contribution in [0.2, 0.25) is 0 Å². The number of aromatic nitrogens is 1. The number of aryl methyl sites for hydroxylation is 1. The molecule has 0 aliphatic heterocycles. The van der Waals surface area contributed by atoms with Gasteiger partial charge in [-0.1, -0.05) is 38.3 Å². The summed E-state index contributed by atoms with van der Waals surface area (Å²) in [5.74, 6) is 0.815. The van der Waals surface area contributed by atoms with Crippen LogP contribution in [0.3, 0.4) is 0 Å². The highest BCUT2D eigenvalue weighted by Crippen LogP contribution is 2.30. The van der Waals surface area contributed by atoms with E-state index in [-0.39, 0.29) is 5.96 Å². The third-order valence-corrected chi connectivity index (χ3v) is 5.10. The topological polar surface area (TPSA) is 98.9 Å². The maximum atomic E-state index is 5.87. The first-order chi connectivity index (χ1) is 12.5. The Hall–Kier alpha value is -2.41. The van der Waals surface area contributed by atoms with E-state index in [0.717, 1.165) is 45.6 Å². The van der Waals surface area contributed by atoms with E-state index in [1.165, 1.54) is 19.3 Å². The van der Waals surface area contributed by atoms with Crippen LogP contribution in [0, 0.1) is 6.92 Å². The fourth-order valence-corrected chi connectivity index (χ4v) is 3.47. The number of guanidine groups is 1. The number of rotatable bonds is 9. The minimum Gasteiger partial charge on any atom is -0.494 e. The maximum absolute atomic E-state index is 5.87. The molecule has 0 unspecified atom stereocenters. The lowest BCUT2D eigenvalue weighted by molar-refractivity contribution is 0.305. The summed E-state index contributed by atoms with van der Waals surface area (Å²) in [6.07, 6.45) is 4.77. The van der Waals surface area contributed by atoms with Crippen LogP contribution in [0.1, 0.15) is 50.1 Å². The summed E-state index contributed by atoms with van der Waals surface area (Å²) in [5, 5.41) is 8.68. The van der Waals surface area contributed by atoms with Crippen LogP contribution in [-0.4, -0.2) is 23.3 Å². The SMILES string of the molecule is CCCCCCOc1cccc(-c2nc(C)c(C(C)=NN=C(N)N)s2)c1. The van der Waals surface area contributed by atoms with E-state index in [1.54, 1.807) is 11.3 Å². The van der Waals surface area contributed by atoms with Gasteiger partial charge in [0.15, 0.2) is 0 Å². The molecule has 140 valence electrons. The highest BCUT2D eigenvalue weighted by Gasteiger charge is 2.12. The zero-order chi connectivity index (χ0) is 18.9. The normalized spacial score (nSPS) is 11.4. The van der Waals surface area contributed by atoms with Crippen molar-refractivity contribution in [3.05, 3.63) is 34.8 Å². The molecule has 2 aromatic rings. The van der Waals surface area contributed by atoms with Gasteiger partial charge in [0.1, 0.15) is 10.8 Å². The van der Waals surface area contributed by atoms with Crippen molar-refractivity contribution >= 4 is 23.0 Å². The first kappa shape index (κ1) is 19.9. The van der Waals surface area contributed by atoms with Gasteiger partial charge in [-0.05, 0) is 32.4 Å². The van der Waals surface area contributed by atoms with Crippen molar-refractivity contribution in [3.8, 4) is 16.3 Å². The van der Waals surface area contributed by atoms with Crippen LogP contribution in [0.25, 0.3) is 10.6 Å². The number of hydrogen-bond donors (Lipinski definition) is 2. The van der Waals surface area contributed by atoms with E-state index in [4.69, 9.17) is 16.2 Å². The van der Waals surface area contributed by atoms with Gasteiger partial charge >= 0.3 is 0 Å². The Kier molecular flexibility index (Phi) is 7.59. The summed E-state index contributed by atoms with van der Waals surface area (Å²) in [7, 11) is 0. The van der Waals surface area contributed by atoms with Crippen molar-refractivity contribution in [2.75, 3.05) is 6.61 Å². The fraction of sp³-hybridized carbons (Fsp3) is 0.421. The Morgan fingerprint density at radius 3 is 2.73 bits per heavy atom. The number of benzene rings is 1. The molecule has 1 aromatic carbocycles. The second-order valence-corrected chi connectivity index (χ2v) is 7.08. The number of unbranched alkanes of at least 4 members (excludes halogenated alkanes) is 3. The van der Waals surface area contributed by atoms with E-state index >= 15 is 0 Å². The molecule has 0 aliphatic carbocycles. The molecule has 0 fully saturated rings. The minimum absolute atomic E-state index is 0.0597. The average molecular weight is 374 g/mol. The third kappa shape index (κ3) is 5.84. The van der Waals surface area contributed by atoms with Crippen LogP contribution < -0.4 is 16.2 Å². The molecule has 0 spiro atoms. The molecule has 26 heavy (non-hydrogen) atoms. The van der Waals surface area contributed by atoms with Gasteiger partial charge in [-0.25, -0.2) is 4.98 Å². The molecule has 6 nitrogen and oxygen atoms in total. The summed E-state index contributed by atoms with van der Waals surface area (Å²) >= 11 is 1.57. The summed E-state index contributed by atoms with van der Waals surface area (Å²) in [6, 6.07) is 8.04. The zero-order valence-electron chi connectivity index (χ0n) is 15.7. The van der Waals surface area contributed by atoms with Gasteiger partial charge in [-0.15, -0.1) is 16.4 Å². The van der Waals surface area contributed by atoms with Crippen molar-refractivity contribution in [1.29, 1.82) is 0 Å². The van der Waals surface area contributed by atoms with E-state index < -0.39 is 0 Å². The Bertz CT molecular complexity index is 778. The molecule has 0 amide bonds. The molecule has 1 aromatic heterocycles. The van der Waals surface area contributed by atoms with Crippen LogP contribution in [-0.2, 0) is 0 Å². The summed E-state index contributed by atoms with van der Waals surface area (Å²) in [4.78, 5) is 5.63. The van der Waals surface area contributed by atoms with Gasteiger partial charge in [0.25, 0.3) is 0 Å². The molecular weight excluding hydrogens is 346 g/mol. The van der Waals surface area contributed by atoms with Crippen molar-refractivity contribution in [1.82, 2.24) is 4.98 Å². The van der Waals surface area contributed by atoms with Crippen LogP contribution in [0.5, 0.6) is 5.75 Å². The molecule has 0 aliphatic rings. The largest absolute Gasteiger partial charge is 0.494 e. The lowest BCUT2D eigenvalue weighted by atomic mass is 10.2. The molecular formula is C19H27N5OS. The predicted octanol–water partition coefficient (Wildman–Crippen LogP) is 4.08. The molecule has 7 heteroatoms. The number of ether oxygens (including phenoxy) is 1. The van der Waals surface area contributed by atoms with E-state index in [0.29, 0.717) is 0 Å². The Balaban J connectivity index is 2.12. The van der Waals surface area contributed by atoms with Crippen molar-refractivity contribution in [3.63, 3.8) is 0 Å². The van der Waals surface area contributed by atoms with Crippen LogP contribution in [0.4, 0.5) is 0 Å². The minimum atomic E-state index is -0.0597. The molecule has 0 saturated carbocycles. The Labute approximate surface area is 159 Å². The van der Waals surface area contributed by atoms with Crippen molar-refractivity contribution in [2.45, 2.75) is 46.5 Å². The Morgan fingerprint density at radius 2 is 2.00 bits per heavy atom. The molecule has 0 saturated heterocycles.